The summed E-state index contributed by atoms with van der Waals surface area (Å²) in [6, 6.07) is 84.0. The molecule has 1 fully saturated rings. The number of hydrogen-bond donors (Lipinski definition) is 0. The predicted octanol–water partition coefficient (Wildman–Crippen LogP) is 20.1. The minimum atomic E-state index is -0.335. The minimum Gasteiger partial charge on any atom is -0.399 e. The number of fused-ring (bicyclic) bond motifs is 12. The van der Waals surface area contributed by atoms with Crippen LogP contribution in [0.1, 0.15) is 27.7 Å². The highest BCUT2D eigenvalue weighted by Gasteiger charge is 2.51. The molecule has 0 unspecified atom stereocenters. The van der Waals surface area contributed by atoms with E-state index in [9.17, 15) is 0 Å². The second-order valence-corrected chi connectivity index (χ2v) is 25.4. The maximum atomic E-state index is 6.16. The van der Waals surface area contributed by atoms with Gasteiger partial charge in [-0.05, 0) is 102 Å². The van der Waals surface area contributed by atoms with Crippen molar-refractivity contribution in [3.05, 3.63) is 260 Å². The molecule has 422 valence electrons. The molecule has 0 N–H and O–H groups in total. The van der Waals surface area contributed by atoms with E-state index in [2.05, 4.69) is 231 Å². The van der Waals surface area contributed by atoms with Gasteiger partial charge >= 0.3 is 7.12 Å². The topological polar surface area (TPSA) is 95.8 Å². The van der Waals surface area contributed by atoms with Gasteiger partial charge in [0.25, 0.3) is 0 Å². The fraction of sp³-hybridized carbons (Fsp3) is 0.0789. The lowest BCUT2D eigenvalue weighted by Crippen LogP contribution is -2.41. The molecule has 1 aliphatic heterocycles. The van der Waals surface area contributed by atoms with Crippen LogP contribution < -0.4 is 5.46 Å². The molecule has 7 heterocycles. The second-order valence-electron chi connectivity index (χ2n) is 23.0. The van der Waals surface area contributed by atoms with E-state index in [-0.39, 0.29) is 18.3 Å². The third kappa shape index (κ3) is 10.3. The van der Waals surface area contributed by atoms with E-state index in [1.807, 2.05) is 67.0 Å². The Balaban J connectivity index is 0.000000117. The SMILES string of the molecule is CC1(C)OB(c2ccc(-c3ccc4c(c3)ncc3ccccc34)cc2)OC1(C)C.Clc1nc(-c2ccccc2)c2sc3ccccc3c2n1.c1ccc(-c2nc(-c3ccc(-c4ccc5c(c4)ncc4ccccc45)cc3)nc3c2sc2ccccc23)cc1. The van der Waals surface area contributed by atoms with Crippen molar-refractivity contribution >= 4 is 131 Å². The Morgan fingerprint density at radius 3 is 1.28 bits per heavy atom. The summed E-state index contributed by atoms with van der Waals surface area (Å²) in [5.41, 5.74) is 14.0. The van der Waals surface area contributed by atoms with Gasteiger partial charge in [-0.3, -0.25) is 9.97 Å². The zero-order chi connectivity index (χ0) is 59.5. The van der Waals surface area contributed by atoms with Gasteiger partial charge in [0.05, 0.1) is 54.1 Å². The molecular formula is C76H54BClN6O2S2. The molecule has 16 aromatic rings. The molecule has 0 spiro atoms. The summed E-state index contributed by atoms with van der Waals surface area (Å²) in [7, 11) is -0.335. The molecule has 0 atom stereocenters. The molecule has 1 aliphatic rings. The molecular weight excluding hydrogens is 1140 g/mol. The standard InChI is InChI=1S/C35H21N3S.C25H24BNO2.C16H9ClN2S/c1-2-8-23(9-3-1)32-34-33(29-12-6-7-13-31(29)39-34)38-35(37-32)24-16-14-22(15-17-24)25-18-19-28-27-11-5-4-10-26(27)21-36-30(28)20-25;1-24(2)25(3,4)29-26(28-24)20-12-9-17(10-13-20)18-11-14-22-21-8-6-5-7-19(21)16-27-23(22)15-18;17-16-18-13(10-6-2-1-3-7-10)15-14(19-16)11-8-4-5-9-12(11)20-15/h1-21H;5-16H,1-4H3;1-9H. The highest BCUT2D eigenvalue weighted by atomic mass is 35.5. The first-order valence-corrected chi connectivity index (χ1v) is 31.3. The Bertz CT molecular complexity index is 5300. The monoisotopic (exact) mass is 1190 g/mol. The number of halogens is 1. The molecule has 10 aromatic carbocycles. The molecule has 0 aliphatic carbocycles. The number of rotatable bonds is 6. The van der Waals surface area contributed by atoms with E-state index < -0.39 is 0 Å². The highest BCUT2D eigenvalue weighted by molar-refractivity contribution is 7.26. The molecule has 17 rings (SSSR count). The molecule has 8 nitrogen and oxygen atoms in total. The van der Waals surface area contributed by atoms with Crippen LogP contribution in [0.4, 0.5) is 0 Å². The van der Waals surface area contributed by atoms with E-state index in [1.54, 1.807) is 22.7 Å². The van der Waals surface area contributed by atoms with Crippen LogP contribution in [0.15, 0.2) is 255 Å². The van der Waals surface area contributed by atoms with Crippen LogP contribution in [0.5, 0.6) is 0 Å². The summed E-state index contributed by atoms with van der Waals surface area (Å²) >= 11 is 9.58. The Hall–Kier alpha value is -9.59. The maximum Gasteiger partial charge on any atom is 0.494 e. The molecule has 1 saturated heterocycles. The van der Waals surface area contributed by atoms with Crippen LogP contribution in [-0.4, -0.2) is 48.2 Å². The molecule has 88 heavy (non-hydrogen) atoms. The van der Waals surface area contributed by atoms with Gasteiger partial charge in [0, 0.05) is 70.8 Å². The van der Waals surface area contributed by atoms with Crippen molar-refractivity contribution in [3.63, 3.8) is 0 Å². The number of nitrogens with zero attached hydrogens (tertiary/aromatic N) is 6. The van der Waals surface area contributed by atoms with Crippen molar-refractivity contribution in [3.8, 4) is 56.2 Å². The zero-order valence-electron chi connectivity index (χ0n) is 48.5. The third-order valence-electron chi connectivity index (χ3n) is 16.9. The molecule has 0 radical (unpaired) electrons. The van der Waals surface area contributed by atoms with Crippen LogP contribution >= 0.6 is 34.3 Å². The maximum absolute atomic E-state index is 6.16. The van der Waals surface area contributed by atoms with E-state index >= 15 is 0 Å². The number of thiophene rings is 2. The molecule has 0 saturated carbocycles. The Labute approximate surface area is 522 Å². The van der Waals surface area contributed by atoms with Crippen molar-refractivity contribution in [1.29, 1.82) is 0 Å². The zero-order valence-corrected chi connectivity index (χ0v) is 50.9. The first kappa shape index (κ1) is 55.0. The predicted molar refractivity (Wildman–Crippen MR) is 370 cm³/mol. The summed E-state index contributed by atoms with van der Waals surface area (Å²) in [5.74, 6) is 0.739. The number of pyridine rings is 2. The van der Waals surface area contributed by atoms with Gasteiger partial charge in [-0.25, -0.2) is 19.9 Å². The lowest BCUT2D eigenvalue weighted by Gasteiger charge is -2.32. The summed E-state index contributed by atoms with van der Waals surface area (Å²) in [6.07, 6.45) is 3.90. The number of aromatic nitrogens is 6. The van der Waals surface area contributed by atoms with E-state index in [0.717, 1.165) is 104 Å². The smallest absolute Gasteiger partial charge is 0.399 e. The lowest BCUT2D eigenvalue weighted by atomic mass is 9.78. The highest BCUT2D eigenvalue weighted by Crippen LogP contribution is 2.42. The summed E-state index contributed by atoms with van der Waals surface area (Å²) in [6.45, 7) is 8.31. The largest absolute Gasteiger partial charge is 0.494 e. The summed E-state index contributed by atoms with van der Waals surface area (Å²) in [4.78, 5) is 28.4. The van der Waals surface area contributed by atoms with Crippen molar-refractivity contribution in [1.82, 2.24) is 29.9 Å². The first-order valence-electron chi connectivity index (χ1n) is 29.3. The average molecular weight is 1190 g/mol. The van der Waals surface area contributed by atoms with Crippen LogP contribution in [0.3, 0.4) is 0 Å². The molecule has 6 aromatic heterocycles. The number of hydrogen-bond acceptors (Lipinski definition) is 10. The van der Waals surface area contributed by atoms with Gasteiger partial charge < -0.3 is 9.31 Å². The van der Waals surface area contributed by atoms with Crippen LogP contribution in [-0.2, 0) is 9.31 Å². The van der Waals surface area contributed by atoms with E-state index in [4.69, 9.17) is 35.9 Å². The second kappa shape index (κ2) is 22.6. The molecule has 0 amide bonds. The van der Waals surface area contributed by atoms with Crippen LogP contribution in [0.25, 0.3) is 140 Å². The van der Waals surface area contributed by atoms with E-state index in [0.29, 0.717) is 5.28 Å². The van der Waals surface area contributed by atoms with Gasteiger partial charge in [0.15, 0.2) is 5.82 Å². The van der Waals surface area contributed by atoms with Gasteiger partial charge in [-0.15, -0.1) is 22.7 Å². The number of benzene rings is 10. The van der Waals surface area contributed by atoms with Gasteiger partial charge in [-0.1, -0.05) is 218 Å². The minimum absolute atomic E-state index is 0.292. The molecule has 0 bridgehead atoms. The summed E-state index contributed by atoms with van der Waals surface area (Å²) < 4.78 is 17.0. The van der Waals surface area contributed by atoms with Gasteiger partial charge in [-0.2, -0.15) is 0 Å². The Kier molecular flexibility index (Phi) is 14.1. The van der Waals surface area contributed by atoms with Crippen LogP contribution in [0.2, 0.25) is 5.28 Å². The summed E-state index contributed by atoms with van der Waals surface area (Å²) in [5, 5.41) is 9.74. The van der Waals surface area contributed by atoms with Crippen LogP contribution in [0, 0.1) is 0 Å². The third-order valence-corrected chi connectivity index (χ3v) is 19.4. The normalized spacial score (nSPS) is 13.6. The van der Waals surface area contributed by atoms with E-state index in [1.165, 1.54) is 41.7 Å². The van der Waals surface area contributed by atoms with Gasteiger partial charge in [0.1, 0.15) is 0 Å². The Morgan fingerprint density at radius 1 is 0.364 bits per heavy atom. The van der Waals surface area contributed by atoms with Crippen molar-refractivity contribution in [2.24, 2.45) is 0 Å². The fourth-order valence-corrected chi connectivity index (χ4v) is 14.0. The van der Waals surface area contributed by atoms with Crippen molar-refractivity contribution < 1.29 is 9.31 Å². The lowest BCUT2D eigenvalue weighted by molar-refractivity contribution is 0.00578. The molecule has 12 heteroatoms. The Morgan fingerprint density at radius 2 is 0.773 bits per heavy atom. The first-order chi connectivity index (χ1) is 43.0. The average Bonchev–Trinajstić information content (AvgIpc) is 1.79. The van der Waals surface area contributed by atoms with Gasteiger partial charge in [0.2, 0.25) is 5.28 Å². The quantitative estimate of drug-likeness (QED) is 0.0923. The van der Waals surface area contributed by atoms with Crippen molar-refractivity contribution in [2.45, 2.75) is 38.9 Å². The fourth-order valence-electron chi connectivity index (χ4n) is 11.6. The van der Waals surface area contributed by atoms with Crippen molar-refractivity contribution in [2.75, 3.05) is 0 Å².